The summed E-state index contributed by atoms with van der Waals surface area (Å²) in [4.78, 5) is 11.6. The fraction of sp³-hybridized carbons (Fsp3) is 0.278. The number of halogens is 2. The summed E-state index contributed by atoms with van der Waals surface area (Å²) in [7, 11) is 0. The molecule has 0 fully saturated rings. The third-order valence-electron chi connectivity index (χ3n) is 3.47. The van der Waals surface area contributed by atoms with Gasteiger partial charge in [0, 0.05) is 0 Å². The molecule has 4 nitrogen and oxygen atoms in total. The molecule has 24 heavy (non-hydrogen) atoms. The Bertz CT molecular complexity index is 645. The molecule has 0 spiro atoms. The van der Waals surface area contributed by atoms with E-state index in [0.717, 1.165) is 11.1 Å². The molecular weight excluding hydrogens is 331 g/mol. The second-order valence-corrected chi connectivity index (χ2v) is 5.50. The fourth-order valence-corrected chi connectivity index (χ4v) is 2.03. The molecule has 0 saturated carbocycles. The van der Waals surface area contributed by atoms with Gasteiger partial charge in [0.05, 0.1) is 12.1 Å². The van der Waals surface area contributed by atoms with Crippen molar-refractivity contribution in [2.75, 3.05) is 0 Å². The standard InChI is InChI=1S/C18H21FN2O2.ClH/c1-12(20)18(22)21-13(2)15-5-9-17(10-6-15)23-11-14-3-7-16(19)8-4-14;/h3-10,12-13H,11,20H2,1-2H3,(H,21,22);1H/t12-,13?;/m1./s1. The van der Waals surface area contributed by atoms with Gasteiger partial charge in [0.1, 0.15) is 18.2 Å². The van der Waals surface area contributed by atoms with Gasteiger partial charge in [-0.3, -0.25) is 4.79 Å². The zero-order valence-electron chi connectivity index (χ0n) is 13.7. The van der Waals surface area contributed by atoms with Gasteiger partial charge < -0.3 is 15.8 Å². The lowest BCUT2D eigenvalue weighted by atomic mass is 10.1. The molecular formula is C18H22ClFN2O2. The van der Waals surface area contributed by atoms with Crippen molar-refractivity contribution in [3.05, 3.63) is 65.5 Å². The van der Waals surface area contributed by atoms with Crippen molar-refractivity contribution >= 4 is 18.3 Å². The number of carbonyl (C=O) groups is 1. The van der Waals surface area contributed by atoms with Gasteiger partial charge in [-0.25, -0.2) is 4.39 Å². The van der Waals surface area contributed by atoms with Crippen molar-refractivity contribution in [1.82, 2.24) is 5.32 Å². The molecule has 6 heteroatoms. The van der Waals surface area contributed by atoms with E-state index in [1.54, 1.807) is 19.1 Å². The smallest absolute Gasteiger partial charge is 0.237 e. The minimum Gasteiger partial charge on any atom is -0.489 e. The molecule has 0 radical (unpaired) electrons. The van der Waals surface area contributed by atoms with Gasteiger partial charge >= 0.3 is 0 Å². The van der Waals surface area contributed by atoms with E-state index in [1.807, 2.05) is 31.2 Å². The number of amides is 1. The van der Waals surface area contributed by atoms with Crippen molar-refractivity contribution in [2.24, 2.45) is 5.73 Å². The van der Waals surface area contributed by atoms with E-state index < -0.39 is 6.04 Å². The number of nitrogens with two attached hydrogens (primary N) is 1. The minimum atomic E-state index is -0.532. The van der Waals surface area contributed by atoms with Crippen LogP contribution in [0, 0.1) is 5.82 Å². The van der Waals surface area contributed by atoms with Crippen LogP contribution in [0.4, 0.5) is 4.39 Å². The Balaban J connectivity index is 0.00000288. The van der Waals surface area contributed by atoms with Gasteiger partial charge in [-0.05, 0) is 49.2 Å². The van der Waals surface area contributed by atoms with Gasteiger partial charge in [-0.1, -0.05) is 24.3 Å². The monoisotopic (exact) mass is 352 g/mol. The maximum atomic E-state index is 12.8. The molecule has 2 aromatic carbocycles. The lowest BCUT2D eigenvalue weighted by molar-refractivity contribution is -0.122. The highest BCUT2D eigenvalue weighted by molar-refractivity contribution is 5.85. The number of hydrogen-bond acceptors (Lipinski definition) is 3. The largest absolute Gasteiger partial charge is 0.489 e. The molecule has 2 rings (SSSR count). The van der Waals surface area contributed by atoms with Crippen LogP contribution in [0.3, 0.4) is 0 Å². The maximum Gasteiger partial charge on any atom is 0.237 e. The van der Waals surface area contributed by atoms with E-state index in [-0.39, 0.29) is 30.2 Å². The van der Waals surface area contributed by atoms with Crippen molar-refractivity contribution in [3.8, 4) is 5.75 Å². The van der Waals surface area contributed by atoms with Crippen LogP contribution in [0.15, 0.2) is 48.5 Å². The van der Waals surface area contributed by atoms with E-state index in [0.29, 0.717) is 12.4 Å². The number of benzene rings is 2. The van der Waals surface area contributed by atoms with Crippen molar-refractivity contribution in [2.45, 2.75) is 32.5 Å². The van der Waals surface area contributed by atoms with E-state index in [4.69, 9.17) is 10.5 Å². The molecule has 3 N–H and O–H groups in total. The zero-order chi connectivity index (χ0) is 16.8. The molecule has 2 atom stereocenters. The molecule has 1 amide bonds. The van der Waals surface area contributed by atoms with Gasteiger partial charge in [-0.2, -0.15) is 0 Å². The number of carbonyl (C=O) groups excluding carboxylic acids is 1. The van der Waals surface area contributed by atoms with Crippen LogP contribution < -0.4 is 15.8 Å². The molecule has 2 aromatic rings. The summed E-state index contributed by atoms with van der Waals surface area (Å²) in [6.07, 6.45) is 0. The number of hydrogen-bond donors (Lipinski definition) is 2. The topological polar surface area (TPSA) is 64.4 Å². The zero-order valence-corrected chi connectivity index (χ0v) is 14.5. The number of nitrogens with one attached hydrogen (secondary N) is 1. The molecule has 0 aliphatic heterocycles. The van der Waals surface area contributed by atoms with Crippen LogP contribution >= 0.6 is 12.4 Å². The molecule has 130 valence electrons. The second-order valence-electron chi connectivity index (χ2n) is 5.50. The Morgan fingerprint density at radius 3 is 2.25 bits per heavy atom. The van der Waals surface area contributed by atoms with Gasteiger partial charge in [0.2, 0.25) is 5.91 Å². The summed E-state index contributed by atoms with van der Waals surface area (Å²) in [5, 5.41) is 2.84. The molecule has 0 heterocycles. The highest BCUT2D eigenvalue weighted by Crippen LogP contribution is 2.18. The average Bonchev–Trinajstić information content (AvgIpc) is 2.54. The summed E-state index contributed by atoms with van der Waals surface area (Å²) in [6, 6.07) is 13.0. The SMILES string of the molecule is CC(NC(=O)[C@@H](C)N)c1ccc(OCc2ccc(F)cc2)cc1.Cl. The minimum absolute atomic E-state index is 0. The van der Waals surface area contributed by atoms with Crippen LogP contribution in [0.5, 0.6) is 5.75 Å². The molecule has 0 aliphatic carbocycles. The van der Waals surface area contributed by atoms with Crippen molar-refractivity contribution in [3.63, 3.8) is 0 Å². The molecule has 1 unspecified atom stereocenters. The lowest BCUT2D eigenvalue weighted by Crippen LogP contribution is -2.39. The van der Waals surface area contributed by atoms with E-state index in [9.17, 15) is 9.18 Å². The Morgan fingerprint density at radius 2 is 1.71 bits per heavy atom. The van der Waals surface area contributed by atoms with Crippen LogP contribution in [-0.4, -0.2) is 11.9 Å². The predicted octanol–water partition coefficient (Wildman–Crippen LogP) is 3.35. The molecule has 0 aliphatic rings. The van der Waals surface area contributed by atoms with Gasteiger partial charge in [0.15, 0.2) is 0 Å². The molecule has 0 bridgehead atoms. The van der Waals surface area contributed by atoms with Crippen LogP contribution in [-0.2, 0) is 11.4 Å². The van der Waals surface area contributed by atoms with E-state index >= 15 is 0 Å². The highest BCUT2D eigenvalue weighted by atomic mass is 35.5. The first-order chi connectivity index (χ1) is 11.0. The number of ether oxygens (including phenoxy) is 1. The van der Waals surface area contributed by atoms with E-state index in [1.165, 1.54) is 12.1 Å². The third-order valence-corrected chi connectivity index (χ3v) is 3.47. The fourth-order valence-electron chi connectivity index (χ4n) is 2.03. The van der Waals surface area contributed by atoms with Crippen LogP contribution in [0.25, 0.3) is 0 Å². The first-order valence-electron chi connectivity index (χ1n) is 7.49. The summed E-state index contributed by atoms with van der Waals surface area (Å²) in [5.41, 5.74) is 7.40. The highest BCUT2D eigenvalue weighted by Gasteiger charge is 2.12. The van der Waals surface area contributed by atoms with Gasteiger partial charge in [0.25, 0.3) is 0 Å². The first-order valence-corrected chi connectivity index (χ1v) is 7.49. The maximum absolute atomic E-state index is 12.8. The first kappa shape index (κ1) is 19.9. The summed E-state index contributed by atoms with van der Waals surface area (Å²) in [6.45, 7) is 3.92. The Labute approximate surface area is 147 Å². The molecule has 0 saturated heterocycles. The van der Waals surface area contributed by atoms with Crippen molar-refractivity contribution in [1.29, 1.82) is 0 Å². The summed E-state index contributed by atoms with van der Waals surface area (Å²) < 4.78 is 18.5. The van der Waals surface area contributed by atoms with E-state index in [2.05, 4.69) is 5.32 Å². The summed E-state index contributed by atoms with van der Waals surface area (Å²) >= 11 is 0. The number of rotatable bonds is 6. The summed E-state index contributed by atoms with van der Waals surface area (Å²) in [5.74, 6) is 0.263. The normalized spacial score (nSPS) is 12.7. The molecule has 0 aromatic heterocycles. The van der Waals surface area contributed by atoms with Crippen molar-refractivity contribution < 1.29 is 13.9 Å². The van der Waals surface area contributed by atoms with Gasteiger partial charge in [-0.15, -0.1) is 12.4 Å². The quantitative estimate of drug-likeness (QED) is 0.838. The Hall–Kier alpha value is -2.11. The Kier molecular flexibility index (Phi) is 7.68. The second kappa shape index (κ2) is 9.25. The Morgan fingerprint density at radius 1 is 1.12 bits per heavy atom. The predicted molar refractivity (Wildman–Crippen MR) is 94.6 cm³/mol. The third kappa shape index (κ3) is 5.83. The van der Waals surface area contributed by atoms with Crippen LogP contribution in [0.1, 0.15) is 31.0 Å². The van der Waals surface area contributed by atoms with Crippen LogP contribution in [0.2, 0.25) is 0 Å². The average molecular weight is 353 g/mol. The lowest BCUT2D eigenvalue weighted by Gasteiger charge is -2.16.